The third-order valence-electron chi connectivity index (χ3n) is 4.18. The Hall–Kier alpha value is -3.20. The number of nitrogens with one attached hydrogen (secondary N) is 1. The molecule has 0 saturated heterocycles. The Bertz CT molecular complexity index is 890. The van der Waals surface area contributed by atoms with Crippen LogP contribution in [0.1, 0.15) is 24.0 Å². The second-order valence-corrected chi connectivity index (χ2v) is 5.72. The van der Waals surface area contributed by atoms with Gasteiger partial charge in [-0.15, -0.1) is 0 Å². The van der Waals surface area contributed by atoms with Gasteiger partial charge in [0.2, 0.25) is 0 Å². The Labute approximate surface area is 139 Å². The van der Waals surface area contributed by atoms with Crippen molar-refractivity contribution in [1.29, 1.82) is 5.26 Å². The summed E-state index contributed by atoms with van der Waals surface area (Å²) in [5.41, 5.74) is 4.40. The van der Waals surface area contributed by atoms with Gasteiger partial charge < -0.3 is 5.32 Å². The smallest absolute Gasteiger partial charge is 0.133 e. The lowest BCUT2D eigenvalue weighted by Gasteiger charge is -2.09. The van der Waals surface area contributed by atoms with Crippen molar-refractivity contribution in [2.75, 3.05) is 11.9 Å². The molecule has 0 bridgehead atoms. The van der Waals surface area contributed by atoms with Crippen LogP contribution >= 0.6 is 0 Å². The first kappa shape index (κ1) is 14.4. The van der Waals surface area contributed by atoms with Crippen molar-refractivity contribution in [2.45, 2.75) is 19.3 Å². The van der Waals surface area contributed by atoms with Gasteiger partial charge >= 0.3 is 0 Å². The van der Waals surface area contributed by atoms with E-state index in [0.717, 1.165) is 48.7 Å². The first-order chi connectivity index (χ1) is 11.9. The Morgan fingerprint density at radius 3 is 2.75 bits per heavy atom. The average molecular weight is 316 g/mol. The van der Waals surface area contributed by atoms with E-state index in [-0.39, 0.29) is 0 Å². The molecule has 3 aromatic rings. The van der Waals surface area contributed by atoms with E-state index in [1.807, 2.05) is 28.9 Å². The lowest BCUT2D eigenvalue weighted by atomic mass is 10.1. The Morgan fingerprint density at radius 1 is 1.12 bits per heavy atom. The predicted molar refractivity (Wildman–Crippen MR) is 90.7 cm³/mol. The summed E-state index contributed by atoms with van der Waals surface area (Å²) < 4.78 is 1.91. The Kier molecular flexibility index (Phi) is 3.67. The van der Waals surface area contributed by atoms with Gasteiger partial charge in [0, 0.05) is 24.5 Å². The zero-order chi connectivity index (χ0) is 16.4. The van der Waals surface area contributed by atoms with Crippen molar-refractivity contribution >= 4 is 5.82 Å². The third-order valence-corrected chi connectivity index (χ3v) is 4.18. The van der Waals surface area contributed by atoms with Crippen molar-refractivity contribution in [1.82, 2.24) is 19.7 Å². The maximum atomic E-state index is 8.98. The van der Waals surface area contributed by atoms with Crippen LogP contribution < -0.4 is 5.32 Å². The number of hydrogen-bond acceptors (Lipinski definition) is 5. The van der Waals surface area contributed by atoms with E-state index in [2.05, 4.69) is 21.4 Å². The van der Waals surface area contributed by atoms with Crippen LogP contribution in [0, 0.1) is 11.3 Å². The van der Waals surface area contributed by atoms with Crippen molar-refractivity contribution in [3.8, 4) is 23.1 Å². The van der Waals surface area contributed by atoms with E-state index in [1.165, 1.54) is 5.56 Å². The van der Waals surface area contributed by atoms with Crippen molar-refractivity contribution in [2.24, 2.45) is 0 Å². The minimum Gasteiger partial charge on any atom is -0.370 e. The molecule has 1 aliphatic rings. The Balaban J connectivity index is 1.88. The molecule has 6 heteroatoms. The SMILES string of the molecule is N#Cc1ccc(-n2nc(-c3cnccn3)c3c2NCCCC3)cc1. The molecule has 0 saturated carbocycles. The molecule has 118 valence electrons. The van der Waals surface area contributed by atoms with Crippen molar-refractivity contribution in [3.05, 3.63) is 54.0 Å². The van der Waals surface area contributed by atoms with E-state index in [9.17, 15) is 0 Å². The summed E-state index contributed by atoms with van der Waals surface area (Å²) in [4.78, 5) is 8.58. The van der Waals surface area contributed by atoms with Crippen LogP contribution in [0.15, 0.2) is 42.9 Å². The van der Waals surface area contributed by atoms with Gasteiger partial charge in [0.25, 0.3) is 0 Å². The number of nitrogens with zero attached hydrogens (tertiary/aromatic N) is 5. The molecule has 3 heterocycles. The van der Waals surface area contributed by atoms with Crippen LogP contribution in [-0.2, 0) is 6.42 Å². The summed E-state index contributed by atoms with van der Waals surface area (Å²) >= 11 is 0. The molecule has 0 amide bonds. The highest BCUT2D eigenvalue weighted by atomic mass is 15.3. The van der Waals surface area contributed by atoms with Crippen molar-refractivity contribution < 1.29 is 0 Å². The topological polar surface area (TPSA) is 79.4 Å². The molecule has 6 nitrogen and oxygen atoms in total. The molecule has 0 radical (unpaired) electrons. The summed E-state index contributed by atoms with van der Waals surface area (Å²) in [6.45, 7) is 0.925. The van der Waals surface area contributed by atoms with Gasteiger partial charge in [-0.3, -0.25) is 9.97 Å². The fourth-order valence-electron chi connectivity index (χ4n) is 2.99. The van der Waals surface area contributed by atoms with E-state index < -0.39 is 0 Å². The highest BCUT2D eigenvalue weighted by molar-refractivity contribution is 5.68. The first-order valence-corrected chi connectivity index (χ1v) is 7.99. The molecule has 2 aromatic heterocycles. The molecule has 1 aromatic carbocycles. The fraction of sp³-hybridized carbons (Fsp3) is 0.222. The summed E-state index contributed by atoms with van der Waals surface area (Å²) in [6, 6.07) is 9.59. The van der Waals surface area contributed by atoms with Crippen LogP contribution in [0.3, 0.4) is 0 Å². The number of hydrogen-bond donors (Lipinski definition) is 1. The van der Waals surface area contributed by atoms with Gasteiger partial charge in [-0.25, -0.2) is 4.68 Å². The van der Waals surface area contributed by atoms with Gasteiger partial charge in [0.15, 0.2) is 0 Å². The third kappa shape index (κ3) is 2.50. The van der Waals surface area contributed by atoms with Crippen LogP contribution in [0.5, 0.6) is 0 Å². The standard InChI is InChI=1S/C18H16N6/c19-11-13-4-6-14(7-5-13)24-18-15(3-1-2-8-22-18)17(23-24)16-12-20-9-10-21-16/h4-7,9-10,12,22H,1-3,8H2. The zero-order valence-electron chi connectivity index (χ0n) is 13.1. The fourth-order valence-corrected chi connectivity index (χ4v) is 2.99. The van der Waals surface area contributed by atoms with Crippen molar-refractivity contribution in [3.63, 3.8) is 0 Å². The number of nitriles is 1. The molecule has 1 N–H and O–H groups in total. The molecule has 0 spiro atoms. The highest BCUT2D eigenvalue weighted by Crippen LogP contribution is 2.32. The Morgan fingerprint density at radius 2 is 2.00 bits per heavy atom. The summed E-state index contributed by atoms with van der Waals surface area (Å²) in [6.07, 6.45) is 8.31. The molecule has 0 atom stereocenters. The minimum atomic E-state index is 0.638. The lowest BCUT2D eigenvalue weighted by molar-refractivity contribution is 0.779. The quantitative estimate of drug-likeness (QED) is 0.786. The summed E-state index contributed by atoms with van der Waals surface area (Å²) in [7, 11) is 0. The highest BCUT2D eigenvalue weighted by Gasteiger charge is 2.22. The lowest BCUT2D eigenvalue weighted by Crippen LogP contribution is -2.07. The van der Waals surface area contributed by atoms with Gasteiger partial charge in [0.1, 0.15) is 17.2 Å². The number of anilines is 1. The summed E-state index contributed by atoms with van der Waals surface area (Å²) in [5, 5.41) is 17.3. The molecular formula is C18H16N6. The molecular weight excluding hydrogens is 300 g/mol. The molecule has 4 rings (SSSR count). The number of aromatic nitrogens is 4. The number of benzene rings is 1. The second-order valence-electron chi connectivity index (χ2n) is 5.72. The maximum Gasteiger partial charge on any atom is 0.133 e. The van der Waals surface area contributed by atoms with E-state index in [4.69, 9.17) is 10.4 Å². The number of fused-ring (bicyclic) bond motifs is 1. The van der Waals surface area contributed by atoms with Crippen LogP contribution in [0.25, 0.3) is 17.1 Å². The molecule has 0 aliphatic carbocycles. The van der Waals surface area contributed by atoms with Gasteiger partial charge in [-0.1, -0.05) is 0 Å². The van der Waals surface area contributed by atoms with Crippen LogP contribution in [0.2, 0.25) is 0 Å². The largest absolute Gasteiger partial charge is 0.370 e. The second kappa shape index (κ2) is 6.13. The van der Waals surface area contributed by atoms with E-state index in [1.54, 1.807) is 18.6 Å². The number of rotatable bonds is 2. The van der Waals surface area contributed by atoms with E-state index in [0.29, 0.717) is 5.56 Å². The maximum absolute atomic E-state index is 8.98. The van der Waals surface area contributed by atoms with Crippen LogP contribution in [-0.4, -0.2) is 26.3 Å². The molecule has 0 unspecified atom stereocenters. The zero-order valence-corrected chi connectivity index (χ0v) is 13.1. The molecule has 24 heavy (non-hydrogen) atoms. The van der Waals surface area contributed by atoms with Crippen LogP contribution in [0.4, 0.5) is 5.82 Å². The molecule has 1 aliphatic heterocycles. The van der Waals surface area contributed by atoms with E-state index >= 15 is 0 Å². The van der Waals surface area contributed by atoms with Gasteiger partial charge in [-0.05, 0) is 43.5 Å². The van der Waals surface area contributed by atoms with Gasteiger partial charge in [0.05, 0.1) is 23.5 Å². The first-order valence-electron chi connectivity index (χ1n) is 7.99. The minimum absolute atomic E-state index is 0.638. The predicted octanol–water partition coefficient (Wildman–Crippen LogP) is 2.95. The molecule has 0 fully saturated rings. The van der Waals surface area contributed by atoms with Gasteiger partial charge in [-0.2, -0.15) is 10.4 Å². The average Bonchev–Trinajstić information content (AvgIpc) is 2.84. The monoisotopic (exact) mass is 316 g/mol. The normalized spacial score (nSPS) is 13.5. The summed E-state index contributed by atoms with van der Waals surface area (Å²) in [5.74, 6) is 1.01.